The van der Waals surface area contributed by atoms with Gasteiger partial charge < -0.3 is 10.6 Å². The van der Waals surface area contributed by atoms with E-state index < -0.39 is 0 Å². The first-order valence-corrected chi connectivity index (χ1v) is 6.50. The third-order valence-corrected chi connectivity index (χ3v) is 3.46. The van der Waals surface area contributed by atoms with Crippen molar-refractivity contribution < 1.29 is 4.39 Å². The van der Waals surface area contributed by atoms with Gasteiger partial charge in [-0.15, -0.1) is 0 Å². The van der Waals surface area contributed by atoms with Crippen LogP contribution in [0.25, 0.3) is 0 Å². The van der Waals surface area contributed by atoms with Gasteiger partial charge in [0.2, 0.25) is 0 Å². The number of piperidine rings is 1. The average Bonchev–Trinajstić information content (AvgIpc) is 2.34. The molecule has 0 amide bonds. The van der Waals surface area contributed by atoms with Crippen LogP contribution in [0.4, 0.5) is 10.1 Å². The molecule has 1 aromatic rings. The number of aliphatic imine (C=N–C) groups is 1. The van der Waals surface area contributed by atoms with Gasteiger partial charge in [0.1, 0.15) is 5.82 Å². The Labute approximate surface area is 109 Å². The van der Waals surface area contributed by atoms with E-state index in [4.69, 9.17) is 5.73 Å². The van der Waals surface area contributed by atoms with Gasteiger partial charge in [-0.25, -0.2) is 9.38 Å². The number of nitrogens with zero attached hydrogens (tertiary/aromatic N) is 2. The summed E-state index contributed by atoms with van der Waals surface area (Å²) in [6.07, 6.45) is 3.56. The molecule has 92 valence electrons. The lowest BCUT2D eigenvalue weighted by atomic mass is 10.1. The van der Waals surface area contributed by atoms with Crippen LogP contribution in [0.2, 0.25) is 0 Å². The second-order valence-electron chi connectivity index (χ2n) is 4.11. The standard InChI is InChI=1S/C12H15BrFN3/c13-10-8-9(14)4-5-11(10)16-12(15)17-6-2-1-3-7-17/h4-5,8H,1-3,6-7H2,(H2,15,16). The minimum Gasteiger partial charge on any atom is -0.369 e. The SMILES string of the molecule is NC(=Nc1ccc(F)cc1Br)N1CCCCC1. The van der Waals surface area contributed by atoms with Gasteiger partial charge in [0.15, 0.2) is 5.96 Å². The molecular formula is C12H15BrFN3. The van der Waals surface area contributed by atoms with Gasteiger partial charge >= 0.3 is 0 Å². The summed E-state index contributed by atoms with van der Waals surface area (Å²) in [4.78, 5) is 6.40. The molecule has 1 aliphatic rings. The molecule has 2 rings (SSSR count). The van der Waals surface area contributed by atoms with Crippen molar-refractivity contribution in [2.75, 3.05) is 13.1 Å². The number of likely N-dealkylation sites (tertiary alicyclic amines) is 1. The summed E-state index contributed by atoms with van der Waals surface area (Å²) in [5.74, 6) is 0.226. The number of nitrogens with two attached hydrogens (primary N) is 1. The van der Waals surface area contributed by atoms with E-state index in [-0.39, 0.29) is 5.82 Å². The van der Waals surface area contributed by atoms with Crippen molar-refractivity contribution in [1.29, 1.82) is 0 Å². The van der Waals surface area contributed by atoms with Gasteiger partial charge in [-0.05, 0) is 53.4 Å². The smallest absolute Gasteiger partial charge is 0.196 e. The molecule has 0 bridgehead atoms. The van der Waals surface area contributed by atoms with Gasteiger partial charge in [-0.2, -0.15) is 0 Å². The monoisotopic (exact) mass is 299 g/mol. The lowest BCUT2D eigenvalue weighted by Gasteiger charge is -2.27. The average molecular weight is 300 g/mol. The molecule has 0 spiro atoms. The molecule has 0 unspecified atom stereocenters. The number of hydrogen-bond donors (Lipinski definition) is 1. The summed E-state index contributed by atoms with van der Waals surface area (Å²) in [5, 5.41) is 0. The Hall–Kier alpha value is -1.10. The zero-order chi connectivity index (χ0) is 12.3. The maximum absolute atomic E-state index is 12.9. The molecule has 1 aromatic carbocycles. The molecule has 3 nitrogen and oxygen atoms in total. The molecular weight excluding hydrogens is 285 g/mol. The van der Waals surface area contributed by atoms with Gasteiger partial charge in [0, 0.05) is 17.6 Å². The van der Waals surface area contributed by atoms with Crippen molar-refractivity contribution in [3.05, 3.63) is 28.5 Å². The van der Waals surface area contributed by atoms with Crippen molar-refractivity contribution in [1.82, 2.24) is 4.90 Å². The normalized spacial score (nSPS) is 17.3. The van der Waals surface area contributed by atoms with Gasteiger partial charge in [0.25, 0.3) is 0 Å². The number of benzene rings is 1. The first-order valence-electron chi connectivity index (χ1n) is 5.71. The lowest BCUT2D eigenvalue weighted by molar-refractivity contribution is 0.339. The summed E-state index contributed by atoms with van der Waals surface area (Å²) in [6.45, 7) is 1.91. The summed E-state index contributed by atoms with van der Waals surface area (Å²) in [5.41, 5.74) is 6.61. The zero-order valence-corrected chi connectivity index (χ0v) is 11.1. The second kappa shape index (κ2) is 5.49. The second-order valence-corrected chi connectivity index (χ2v) is 4.97. The van der Waals surface area contributed by atoms with E-state index in [1.807, 2.05) is 0 Å². The van der Waals surface area contributed by atoms with Gasteiger partial charge in [0.05, 0.1) is 5.69 Å². The van der Waals surface area contributed by atoms with Crippen LogP contribution in [0.3, 0.4) is 0 Å². The molecule has 2 N–H and O–H groups in total. The highest BCUT2D eigenvalue weighted by atomic mass is 79.9. The van der Waals surface area contributed by atoms with E-state index in [2.05, 4.69) is 25.8 Å². The van der Waals surface area contributed by atoms with E-state index in [0.717, 1.165) is 25.9 Å². The molecule has 1 aliphatic heterocycles. The summed E-state index contributed by atoms with van der Waals surface area (Å²) in [7, 11) is 0. The molecule has 1 heterocycles. The van der Waals surface area contributed by atoms with E-state index in [0.29, 0.717) is 16.1 Å². The minimum atomic E-state index is -0.285. The molecule has 5 heteroatoms. The van der Waals surface area contributed by atoms with Gasteiger partial charge in [-0.3, -0.25) is 0 Å². The maximum atomic E-state index is 12.9. The Morgan fingerprint density at radius 2 is 2.00 bits per heavy atom. The van der Waals surface area contributed by atoms with E-state index in [1.165, 1.54) is 18.6 Å². The summed E-state index contributed by atoms with van der Waals surface area (Å²) < 4.78 is 13.5. The number of hydrogen-bond acceptors (Lipinski definition) is 1. The van der Waals surface area contributed by atoms with Crippen LogP contribution in [0.5, 0.6) is 0 Å². The van der Waals surface area contributed by atoms with Crippen LogP contribution in [0.15, 0.2) is 27.7 Å². The lowest BCUT2D eigenvalue weighted by Crippen LogP contribution is -2.40. The van der Waals surface area contributed by atoms with Crippen LogP contribution in [0.1, 0.15) is 19.3 Å². The Balaban J connectivity index is 2.16. The van der Waals surface area contributed by atoms with Crippen LogP contribution in [-0.4, -0.2) is 23.9 Å². The van der Waals surface area contributed by atoms with E-state index in [9.17, 15) is 4.39 Å². The minimum absolute atomic E-state index is 0.285. The number of rotatable bonds is 1. The highest BCUT2D eigenvalue weighted by molar-refractivity contribution is 9.10. The molecule has 0 saturated carbocycles. The van der Waals surface area contributed by atoms with Crippen molar-refractivity contribution in [2.24, 2.45) is 10.7 Å². The van der Waals surface area contributed by atoms with Crippen molar-refractivity contribution in [3.63, 3.8) is 0 Å². The fourth-order valence-corrected chi connectivity index (χ4v) is 2.33. The highest BCUT2D eigenvalue weighted by Gasteiger charge is 2.12. The molecule has 0 atom stereocenters. The Bertz CT molecular complexity index is 428. The summed E-state index contributed by atoms with van der Waals surface area (Å²) >= 11 is 3.28. The van der Waals surface area contributed by atoms with Gasteiger partial charge in [-0.1, -0.05) is 0 Å². The Morgan fingerprint density at radius 1 is 1.29 bits per heavy atom. The molecule has 0 aromatic heterocycles. The third kappa shape index (κ3) is 3.19. The fraction of sp³-hybridized carbons (Fsp3) is 0.417. The van der Waals surface area contributed by atoms with Crippen molar-refractivity contribution in [3.8, 4) is 0 Å². The zero-order valence-electron chi connectivity index (χ0n) is 9.50. The quantitative estimate of drug-likeness (QED) is 0.640. The summed E-state index contributed by atoms with van der Waals surface area (Å²) in [6, 6.07) is 4.39. The van der Waals surface area contributed by atoms with Crippen LogP contribution >= 0.6 is 15.9 Å². The van der Waals surface area contributed by atoms with E-state index in [1.54, 1.807) is 6.07 Å². The predicted molar refractivity (Wildman–Crippen MR) is 70.8 cm³/mol. The number of halogens is 2. The fourth-order valence-electron chi connectivity index (χ4n) is 1.89. The number of guanidine groups is 1. The van der Waals surface area contributed by atoms with Crippen molar-refractivity contribution in [2.45, 2.75) is 19.3 Å². The molecule has 0 aliphatic carbocycles. The largest absolute Gasteiger partial charge is 0.369 e. The molecule has 17 heavy (non-hydrogen) atoms. The van der Waals surface area contributed by atoms with Crippen LogP contribution in [-0.2, 0) is 0 Å². The van der Waals surface area contributed by atoms with Crippen LogP contribution in [0, 0.1) is 5.82 Å². The molecule has 0 radical (unpaired) electrons. The highest BCUT2D eigenvalue weighted by Crippen LogP contribution is 2.26. The van der Waals surface area contributed by atoms with E-state index >= 15 is 0 Å². The van der Waals surface area contributed by atoms with Crippen molar-refractivity contribution >= 4 is 27.6 Å². The maximum Gasteiger partial charge on any atom is 0.196 e. The molecule has 1 saturated heterocycles. The topological polar surface area (TPSA) is 41.6 Å². The Kier molecular flexibility index (Phi) is 3.99. The predicted octanol–water partition coefficient (Wildman–Crippen LogP) is 3.02. The Morgan fingerprint density at radius 3 is 2.65 bits per heavy atom. The molecule has 1 fully saturated rings. The first-order chi connectivity index (χ1) is 8.16. The first kappa shape index (κ1) is 12.4. The third-order valence-electron chi connectivity index (χ3n) is 2.82. The van der Waals surface area contributed by atoms with Crippen LogP contribution < -0.4 is 5.73 Å².